The summed E-state index contributed by atoms with van der Waals surface area (Å²) in [6, 6.07) is 6.42. The van der Waals surface area contributed by atoms with Crippen LogP contribution in [0.2, 0.25) is 0 Å². The van der Waals surface area contributed by atoms with E-state index in [1.807, 2.05) is 4.68 Å². The van der Waals surface area contributed by atoms with Crippen LogP contribution in [0.25, 0.3) is 5.69 Å². The van der Waals surface area contributed by atoms with Gasteiger partial charge < -0.3 is 0 Å². The van der Waals surface area contributed by atoms with Gasteiger partial charge in [0, 0.05) is 5.75 Å². The molecule has 0 fully saturated rings. The maximum absolute atomic E-state index is 4.08. The third-order valence-corrected chi connectivity index (χ3v) is 3.75. The van der Waals surface area contributed by atoms with Crippen LogP contribution in [-0.2, 0) is 5.75 Å². The molecular formula is C11H12N4S. The predicted octanol–water partition coefficient (Wildman–Crippen LogP) is 2.39. The van der Waals surface area contributed by atoms with Crippen LogP contribution >= 0.6 is 11.8 Å². The number of nitrogens with zero attached hydrogens (tertiary/aromatic N) is 4. The number of para-hydroxylation sites is 1. The van der Waals surface area contributed by atoms with Gasteiger partial charge in [0.15, 0.2) is 0 Å². The highest BCUT2D eigenvalue weighted by atomic mass is 32.2. The summed E-state index contributed by atoms with van der Waals surface area (Å²) >= 11 is 1.69. The number of fused-ring (bicyclic) bond motifs is 3. The van der Waals surface area contributed by atoms with Gasteiger partial charge in [-0.3, -0.25) is 0 Å². The number of aromatic nitrogens is 4. The van der Waals surface area contributed by atoms with Crippen LogP contribution in [0.4, 0.5) is 0 Å². The highest BCUT2D eigenvalue weighted by molar-refractivity contribution is 7.98. The Morgan fingerprint density at radius 1 is 1.38 bits per heavy atom. The Bertz CT molecular complexity index is 533. The molecular weight excluding hydrogens is 220 g/mol. The van der Waals surface area contributed by atoms with Crippen molar-refractivity contribution in [1.29, 1.82) is 0 Å². The summed E-state index contributed by atoms with van der Waals surface area (Å²) in [5.41, 5.74) is 3.80. The molecule has 0 saturated carbocycles. The van der Waals surface area contributed by atoms with Gasteiger partial charge in [-0.2, -0.15) is 4.68 Å². The molecule has 0 aliphatic carbocycles. The van der Waals surface area contributed by atoms with Gasteiger partial charge in [0.1, 0.15) is 0 Å². The molecule has 5 heteroatoms. The number of benzene rings is 1. The van der Waals surface area contributed by atoms with E-state index >= 15 is 0 Å². The Kier molecular flexibility index (Phi) is 2.21. The molecule has 0 N–H and O–H groups in total. The Labute approximate surface area is 98.0 Å². The Morgan fingerprint density at radius 2 is 2.25 bits per heavy atom. The molecule has 0 saturated heterocycles. The average Bonchev–Trinajstić information content (AvgIpc) is 2.76. The van der Waals surface area contributed by atoms with Gasteiger partial charge in [-0.15, -0.1) is 5.10 Å². The molecule has 2 heterocycles. The zero-order valence-corrected chi connectivity index (χ0v) is 10.0. The zero-order chi connectivity index (χ0) is 11.1. The van der Waals surface area contributed by atoms with Crippen molar-refractivity contribution in [2.45, 2.75) is 30.7 Å². The molecule has 0 unspecified atom stereocenters. The van der Waals surface area contributed by atoms with Crippen LogP contribution < -0.4 is 0 Å². The van der Waals surface area contributed by atoms with E-state index in [-0.39, 0.29) is 0 Å². The van der Waals surface area contributed by atoms with Crippen LogP contribution in [0.5, 0.6) is 0 Å². The molecule has 1 aliphatic heterocycles. The van der Waals surface area contributed by atoms with Crippen molar-refractivity contribution in [3.63, 3.8) is 0 Å². The van der Waals surface area contributed by atoms with Crippen LogP contribution in [0.1, 0.15) is 30.9 Å². The van der Waals surface area contributed by atoms with Crippen molar-refractivity contribution in [2.75, 3.05) is 0 Å². The lowest BCUT2D eigenvalue weighted by Crippen LogP contribution is -2.11. The van der Waals surface area contributed by atoms with E-state index < -0.39 is 0 Å². The highest BCUT2D eigenvalue weighted by Crippen LogP contribution is 2.35. The molecule has 0 radical (unpaired) electrons. The number of rotatable bonds is 1. The highest BCUT2D eigenvalue weighted by Gasteiger charge is 2.22. The monoisotopic (exact) mass is 232 g/mol. The van der Waals surface area contributed by atoms with E-state index in [0.29, 0.717) is 5.92 Å². The zero-order valence-electron chi connectivity index (χ0n) is 9.21. The minimum Gasteiger partial charge on any atom is -0.187 e. The molecule has 1 aliphatic rings. The van der Waals surface area contributed by atoms with E-state index in [0.717, 1.165) is 10.9 Å². The summed E-state index contributed by atoms with van der Waals surface area (Å²) < 4.78 is 1.86. The lowest BCUT2D eigenvalue weighted by molar-refractivity contribution is 0.720. The average molecular weight is 232 g/mol. The molecule has 1 aromatic carbocycles. The van der Waals surface area contributed by atoms with Crippen molar-refractivity contribution >= 4 is 11.8 Å². The van der Waals surface area contributed by atoms with Crippen LogP contribution in [-0.4, -0.2) is 20.2 Å². The standard InChI is InChI=1S/C11H12N4S/c1-7(2)9-5-3-4-8-6-16-11-12-13-14-15(11)10(8)9/h3-5,7H,6H2,1-2H3. The van der Waals surface area contributed by atoms with Crippen molar-refractivity contribution in [1.82, 2.24) is 20.2 Å². The lowest BCUT2D eigenvalue weighted by Gasteiger charge is -2.20. The summed E-state index contributed by atoms with van der Waals surface area (Å²) in [6.45, 7) is 4.39. The van der Waals surface area contributed by atoms with Gasteiger partial charge in [0.05, 0.1) is 5.69 Å². The Morgan fingerprint density at radius 3 is 3.06 bits per heavy atom. The number of tetrazole rings is 1. The first kappa shape index (κ1) is 9.84. The van der Waals surface area contributed by atoms with Gasteiger partial charge in [0.25, 0.3) is 0 Å². The van der Waals surface area contributed by atoms with Crippen molar-refractivity contribution in [3.8, 4) is 5.69 Å². The second-order valence-corrected chi connectivity index (χ2v) is 5.11. The maximum atomic E-state index is 4.08. The minimum absolute atomic E-state index is 0.482. The first-order chi connectivity index (χ1) is 7.77. The summed E-state index contributed by atoms with van der Waals surface area (Å²) in [7, 11) is 0. The lowest BCUT2D eigenvalue weighted by atomic mass is 9.98. The largest absolute Gasteiger partial charge is 0.214 e. The van der Waals surface area contributed by atoms with Gasteiger partial charge >= 0.3 is 0 Å². The predicted molar refractivity (Wildman–Crippen MR) is 62.8 cm³/mol. The molecule has 0 spiro atoms. The molecule has 16 heavy (non-hydrogen) atoms. The first-order valence-corrected chi connectivity index (χ1v) is 6.29. The van der Waals surface area contributed by atoms with Gasteiger partial charge in [-0.1, -0.05) is 43.8 Å². The van der Waals surface area contributed by atoms with E-state index in [9.17, 15) is 0 Å². The summed E-state index contributed by atoms with van der Waals surface area (Å²) in [5.74, 6) is 1.44. The fraction of sp³-hybridized carbons (Fsp3) is 0.364. The van der Waals surface area contributed by atoms with Gasteiger partial charge in [0.2, 0.25) is 5.16 Å². The molecule has 82 valence electrons. The summed E-state index contributed by atoms with van der Waals surface area (Å²) in [4.78, 5) is 0. The van der Waals surface area contributed by atoms with E-state index in [4.69, 9.17) is 0 Å². The number of hydrogen-bond acceptors (Lipinski definition) is 4. The Balaban J connectivity index is 2.28. The fourth-order valence-corrected chi connectivity index (χ4v) is 2.87. The van der Waals surface area contributed by atoms with Crippen molar-refractivity contribution < 1.29 is 0 Å². The third-order valence-electron chi connectivity index (χ3n) is 2.78. The van der Waals surface area contributed by atoms with Crippen LogP contribution in [0.3, 0.4) is 0 Å². The maximum Gasteiger partial charge on any atom is 0.214 e. The van der Waals surface area contributed by atoms with Crippen LogP contribution in [0, 0.1) is 0 Å². The second-order valence-electron chi connectivity index (χ2n) is 4.17. The van der Waals surface area contributed by atoms with Gasteiger partial charge in [-0.25, -0.2) is 0 Å². The smallest absolute Gasteiger partial charge is 0.187 e. The first-order valence-electron chi connectivity index (χ1n) is 5.30. The second kappa shape index (κ2) is 3.59. The third kappa shape index (κ3) is 1.35. The molecule has 0 atom stereocenters. The summed E-state index contributed by atoms with van der Waals surface area (Å²) in [5, 5.41) is 12.7. The van der Waals surface area contributed by atoms with Gasteiger partial charge in [-0.05, 0) is 27.5 Å². The number of thioether (sulfide) groups is 1. The van der Waals surface area contributed by atoms with Crippen LogP contribution in [0.15, 0.2) is 23.4 Å². The Hall–Kier alpha value is -1.36. The minimum atomic E-state index is 0.482. The molecule has 1 aromatic heterocycles. The quantitative estimate of drug-likeness (QED) is 0.757. The SMILES string of the molecule is CC(C)c1cccc2c1-n1nnnc1SC2. The molecule has 2 aromatic rings. The summed E-state index contributed by atoms with van der Waals surface area (Å²) in [6.07, 6.45) is 0. The molecule has 0 bridgehead atoms. The number of hydrogen-bond donors (Lipinski definition) is 0. The molecule has 0 amide bonds. The van der Waals surface area contributed by atoms with E-state index in [1.165, 1.54) is 16.8 Å². The fourth-order valence-electron chi connectivity index (χ4n) is 2.00. The van der Waals surface area contributed by atoms with E-state index in [1.54, 1.807) is 11.8 Å². The molecule has 4 nitrogen and oxygen atoms in total. The van der Waals surface area contributed by atoms with Crippen molar-refractivity contribution in [2.24, 2.45) is 0 Å². The molecule has 3 rings (SSSR count). The van der Waals surface area contributed by atoms with E-state index in [2.05, 4.69) is 47.6 Å². The van der Waals surface area contributed by atoms with Crippen molar-refractivity contribution in [3.05, 3.63) is 29.3 Å². The normalized spacial score (nSPS) is 13.7. The topological polar surface area (TPSA) is 43.6 Å².